The highest BCUT2D eigenvalue weighted by Gasteiger charge is 2.26. The predicted molar refractivity (Wildman–Crippen MR) is 80.5 cm³/mol. The molecule has 98 valence electrons. The van der Waals surface area contributed by atoms with E-state index in [2.05, 4.69) is 34.7 Å². The van der Waals surface area contributed by atoms with Crippen molar-refractivity contribution in [1.82, 2.24) is 0 Å². The van der Waals surface area contributed by atoms with E-state index in [9.17, 15) is 0 Å². The van der Waals surface area contributed by atoms with Gasteiger partial charge in [-0.1, -0.05) is 0 Å². The number of hydrogen-bond donors (Lipinski definition) is 0. The molecule has 2 atom stereocenters. The number of fused-ring (bicyclic) bond motifs is 1. The SMILES string of the molecule is ClC(CC1CCCO1)c1cc(I)cc2c1OCC2. The summed E-state index contributed by atoms with van der Waals surface area (Å²) in [6.07, 6.45) is 4.51. The third-order valence-corrected chi connectivity index (χ3v) is 4.64. The maximum absolute atomic E-state index is 6.58. The van der Waals surface area contributed by atoms with E-state index in [0.717, 1.165) is 50.2 Å². The third-order valence-electron chi connectivity index (χ3n) is 3.61. The Hall–Kier alpha value is -0.0000000000000000555. The Labute approximate surface area is 126 Å². The Kier molecular flexibility index (Phi) is 4.01. The van der Waals surface area contributed by atoms with Crippen LogP contribution in [-0.4, -0.2) is 19.3 Å². The highest BCUT2D eigenvalue weighted by molar-refractivity contribution is 14.1. The van der Waals surface area contributed by atoms with E-state index in [-0.39, 0.29) is 5.38 Å². The van der Waals surface area contributed by atoms with E-state index in [1.807, 2.05) is 0 Å². The average molecular weight is 379 g/mol. The van der Waals surface area contributed by atoms with Crippen molar-refractivity contribution < 1.29 is 9.47 Å². The van der Waals surface area contributed by atoms with Crippen LogP contribution in [-0.2, 0) is 11.2 Å². The van der Waals surface area contributed by atoms with Gasteiger partial charge in [0.25, 0.3) is 0 Å². The Bertz CT molecular complexity index is 444. The molecule has 0 saturated carbocycles. The lowest BCUT2D eigenvalue weighted by atomic mass is 10.0. The van der Waals surface area contributed by atoms with Gasteiger partial charge in [0.05, 0.1) is 18.1 Å². The zero-order valence-corrected chi connectivity index (χ0v) is 13.0. The molecule has 1 saturated heterocycles. The molecule has 2 nitrogen and oxygen atoms in total. The average Bonchev–Trinajstić information content (AvgIpc) is 2.97. The first-order valence-electron chi connectivity index (χ1n) is 6.45. The molecular formula is C14H16ClIO2. The molecule has 3 rings (SSSR count). The van der Waals surface area contributed by atoms with Crippen LogP contribution in [0.3, 0.4) is 0 Å². The number of halogens is 2. The molecule has 1 aromatic carbocycles. The first-order chi connectivity index (χ1) is 8.74. The molecule has 2 heterocycles. The quantitative estimate of drug-likeness (QED) is 0.583. The van der Waals surface area contributed by atoms with Gasteiger partial charge >= 0.3 is 0 Å². The van der Waals surface area contributed by atoms with E-state index in [1.165, 1.54) is 9.13 Å². The van der Waals surface area contributed by atoms with Crippen molar-refractivity contribution in [2.75, 3.05) is 13.2 Å². The largest absolute Gasteiger partial charge is 0.493 e. The molecule has 1 fully saturated rings. The van der Waals surface area contributed by atoms with Crippen LogP contribution >= 0.6 is 34.2 Å². The molecular weight excluding hydrogens is 363 g/mol. The van der Waals surface area contributed by atoms with Gasteiger partial charge in [-0.2, -0.15) is 0 Å². The van der Waals surface area contributed by atoms with Gasteiger partial charge in [-0.05, 0) is 59.5 Å². The topological polar surface area (TPSA) is 18.5 Å². The number of benzene rings is 1. The van der Waals surface area contributed by atoms with Crippen molar-refractivity contribution in [2.45, 2.75) is 37.2 Å². The zero-order valence-electron chi connectivity index (χ0n) is 10.1. The maximum Gasteiger partial charge on any atom is 0.127 e. The van der Waals surface area contributed by atoms with Crippen molar-refractivity contribution in [3.05, 3.63) is 26.8 Å². The highest BCUT2D eigenvalue weighted by Crippen LogP contribution is 2.40. The van der Waals surface area contributed by atoms with Gasteiger partial charge < -0.3 is 9.47 Å². The van der Waals surface area contributed by atoms with Gasteiger partial charge in [0, 0.05) is 22.2 Å². The number of rotatable bonds is 3. The summed E-state index contributed by atoms with van der Waals surface area (Å²) in [5.41, 5.74) is 2.45. The second-order valence-corrected chi connectivity index (χ2v) is 6.69. The van der Waals surface area contributed by atoms with E-state index < -0.39 is 0 Å². The minimum Gasteiger partial charge on any atom is -0.493 e. The molecule has 0 bridgehead atoms. The second kappa shape index (κ2) is 5.55. The fraction of sp³-hybridized carbons (Fsp3) is 0.571. The van der Waals surface area contributed by atoms with Gasteiger partial charge in [0.1, 0.15) is 5.75 Å². The molecule has 0 aliphatic carbocycles. The van der Waals surface area contributed by atoms with Gasteiger partial charge in [-0.15, -0.1) is 11.6 Å². The van der Waals surface area contributed by atoms with E-state index in [4.69, 9.17) is 21.1 Å². The summed E-state index contributed by atoms with van der Waals surface area (Å²) in [6, 6.07) is 4.35. The van der Waals surface area contributed by atoms with Crippen LogP contribution in [0.15, 0.2) is 12.1 Å². The Morgan fingerprint density at radius 1 is 1.39 bits per heavy atom. The Balaban J connectivity index is 1.82. The second-order valence-electron chi connectivity index (χ2n) is 4.92. The van der Waals surface area contributed by atoms with Crippen LogP contribution in [0.2, 0.25) is 0 Å². The molecule has 4 heteroatoms. The van der Waals surface area contributed by atoms with Gasteiger partial charge in [-0.25, -0.2) is 0 Å². The van der Waals surface area contributed by atoms with Gasteiger partial charge in [-0.3, -0.25) is 0 Å². The minimum absolute atomic E-state index is 0.00494. The zero-order chi connectivity index (χ0) is 12.5. The molecule has 1 aromatic rings. The van der Waals surface area contributed by atoms with Crippen molar-refractivity contribution in [3.8, 4) is 5.75 Å². The fourth-order valence-electron chi connectivity index (χ4n) is 2.72. The fourth-order valence-corrected chi connectivity index (χ4v) is 3.79. The molecule has 0 spiro atoms. The number of alkyl halides is 1. The predicted octanol–water partition coefficient (Wildman–Crippen LogP) is 4.08. The lowest BCUT2D eigenvalue weighted by Crippen LogP contribution is -2.09. The summed E-state index contributed by atoms with van der Waals surface area (Å²) in [4.78, 5) is 0. The van der Waals surface area contributed by atoms with Crippen molar-refractivity contribution in [3.63, 3.8) is 0 Å². The Morgan fingerprint density at radius 3 is 3.06 bits per heavy atom. The summed E-state index contributed by atoms with van der Waals surface area (Å²) >= 11 is 8.93. The van der Waals surface area contributed by atoms with Gasteiger partial charge in [0.2, 0.25) is 0 Å². The summed E-state index contributed by atoms with van der Waals surface area (Å²) in [6.45, 7) is 1.67. The standard InChI is InChI=1S/C14H16ClIO2/c15-13(8-11-2-1-4-17-11)12-7-10(16)6-9-3-5-18-14(9)12/h6-7,11,13H,1-5,8H2. The molecule has 0 aromatic heterocycles. The molecule has 0 radical (unpaired) electrons. The highest BCUT2D eigenvalue weighted by atomic mass is 127. The van der Waals surface area contributed by atoms with Crippen LogP contribution in [0.4, 0.5) is 0 Å². The normalized spacial score (nSPS) is 23.8. The summed E-state index contributed by atoms with van der Waals surface area (Å²) < 4.78 is 12.6. The summed E-state index contributed by atoms with van der Waals surface area (Å²) in [7, 11) is 0. The molecule has 2 unspecified atom stereocenters. The van der Waals surface area contributed by atoms with E-state index in [0.29, 0.717) is 6.10 Å². The van der Waals surface area contributed by atoms with E-state index in [1.54, 1.807) is 0 Å². The van der Waals surface area contributed by atoms with E-state index >= 15 is 0 Å². The molecule has 2 aliphatic heterocycles. The maximum atomic E-state index is 6.58. The number of ether oxygens (including phenoxy) is 2. The Morgan fingerprint density at radius 2 is 2.28 bits per heavy atom. The van der Waals surface area contributed by atoms with Crippen LogP contribution in [0, 0.1) is 3.57 Å². The van der Waals surface area contributed by atoms with Crippen LogP contribution in [0.5, 0.6) is 5.75 Å². The van der Waals surface area contributed by atoms with Crippen LogP contribution in [0.1, 0.15) is 35.8 Å². The molecule has 2 aliphatic rings. The van der Waals surface area contributed by atoms with Crippen LogP contribution in [0.25, 0.3) is 0 Å². The third kappa shape index (κ3) is 2.63. The summed E-state index contributed by atoms with van der Waals surface area (Å²) in [5, 5.41) is -0.00494. The molecule has 18 heavy (non-hydrogen) atoms. The first-order valence-corrected chi connectivity index (χ1v) is 7.96. The van der Waals surface area contributed by atoms with Crippen molar-refractivity contribution >= 4 is 34.2 Å². The van der Waals surface area contributed by atoms with Crippen molar-refractivity contribution in [1.29, 1.82) is 0 Å². The lowest BCUT2D eigenvalue weighted by molar-refractivity contribution is 0.103. The van der Waals surface area contributed by atoms with Crippen LogP contribution < -0.4 is 4.74 Å². The molecule has 0 amide bonds. The minimum atomic E-state index is -0.00494. The number of hydrogen-bond acceptors (Lipinski definition) is 2. The smallest absolute Gasteiger partial charge is 0.127 e. The van der Waals surface area contributed by atoms with Crippen molar-refractivity contribution in [2.24, 2.45) is 0 Å². The monoisotopic (exact) mass is 378 g/mol. The molecule has 0 N–H and O–H groups in total. The summed E-state index contributed by atoms with van der Waals surface area (Å²) in [5.74, 6) is 1.02. The lowest BCUT2D eigenvalue weighted by Gasteiger charge is -2.17. The first kappa shape index (κ1) is 13.0. The van der Waals surface area contributed by atoms with Gasteiger partial charge in [0.15, 0.2) is 0 Å².